The van der Waals surface area contributed by atoms with Crippen LogP contribution < -0.4 is 5.32 Å². The minimum atomic E-state index is 0.706. The van der Waals surface area contributed by atoms with Crippen molar-refractivity contribution in [1.29, 1.82) is 0 Å². The van der Waals surface area contributed by atoms with E-state index in [1.807, 2.05) is 24.0 Å². The number of nitrogens with zero attached hydrogens (tertiary/aromatic N) is 1. The van der Waals surface area contributed by atoms with E-state index in [4.69, 9.17) is 0 Å². The van der Waals surface area contributed by atoms with E-state index >= 15 is 0 Å². The summed E-state index contributed by atoms with van der Waals surface area (Å²) in [6, 6.07) is 4.89. The third-order valence-corrected chi connectivity index (χ3v) is 4.51. The first-order chi connectivity index (χ1) is 7.79. The summed E-state index contributed by atoms with van der Waals surface area (Å²) in [6.45, 7) is 3.04. The van der Waals surface area contributed by atoms with Crippen LogP contribution in [0.1, 0.15) is 30.5 Å². The van der Waals surface area contributed by atoms with Gasteiger partial charge in [-0.25, -0.2) is 0 Å². The van der Waals surface area contributed by atoms with E-state index < -0.39 is 0 Å². The third kappa shape index (κ3) is 2.98. The Kier molecular flexibility index (Phi) is 4.24. The fourth-order valence-corrected chi connectivity index (χ4v) is 3.09. The smallest absolute Gasteiger partial charge is 0.0417 e. The second kappa shape index (κ2) is 5.69. The molecule has 2 atom stereocenters. The Morgan fingerprint density at radius 2 is 2.38 bits per heavy atom. The molecule has 2 rings (SSSR count). The SMILES string of the molecule is CSC1CCC(NCc2cccnc2C)C1. The van der Waals surface area contributed by atoms with Crippen LogP contribution in [0.15, 0.2) is 18.3 Å². The maximum absolute atomic E-state index is 4.31. The van der Waals surface area contributed by atoms with Crippen LogP contribution in [0.25, 0.3) is 0 Å². The molecule has 0 bridgehead atoms. The minimum absolute atomic E-state index is 0.706. The molecule has 2 unspecified atom stereocenters. The fraction of sp³-hybridized carbons (Fsp3) is 0.615. The Balaban J connectivity index is 1.82. The van der Waals surface area contributed by atoms with E-state index in [1.54, 1.807) is 0 Å². The number of hydrogen-bond acceptors (Lipinski definition) is 3. The molecule has 2 nitrogen and oxygen atoms in total. The Morgan fingerprint density at radius 3 is 3.06 bits per heavy atom. The number of nitrogens with one attached hydrogen (secondary N) is 1. The monoisotopic (exact) mass is 236 g/mol. The van der Waals surface area contributed by atoms with Gasteiger partial charge in [-0.05, 0) is 44.1 Å². The zero-order valence-corrected chi connectivity index (χ0v) is 10.9. The van der Waals surface area contributed by atoms with E-state index in [0.29, 0.717) is 6.04 Å². The van der Waals surface area contributed by atoms with Crippen molar-refractivity contribution in [2.45, 2.75) is 44.0 Å². The topological polar surface area (TPSA) is 24.9 Å². The molecule has 1 N–H and O–H groups in total. The predicted octanol–water partition coefficient (Wildman–Crippen LogP) is 2.76. The summed E-state index contributed by atoms with van der Waals surface area (Å²) in [6.07, 6.45) is 8.09. The molecule has 1 aliphatic carbocycles. The van der Waals surface area contributed by atoms with Gasteiger partial charge in [0.2, 0.25) is 0 Å². The second-order valence-corrected chi connectivity index (χ2v) is 5.63. The van der Waals surface area contributed by atoms with Gasteiger partial charge in [-0.3, -0.25) is 4.98 Å². The van der Waals surface area contributed by atoms with Gasteiger partial charge in [0.05, 0.1) is 0 Å². The molecule has 0 radical (unpaired) electrons. The summed E-state index contributed by atoms with van der Waals surface area (Å²) in [7, 11) is 0. The van der Waals surface area contributed by atoms with Crippen molar-refractivity contribution >= 4 is 11.8 Å². The summed E-state index contributed by atoms with van der Waals surface area (Å²) in [5.41, 5.74) is 2.48. The molecule has 0 aliphatic heterocycles. The fourth-order valence-electron chi connectivity index (χ4n) is 2.30. The van der Waals surface area contributed by atoms with Crippen LogP contribution in [0.5, 0.6) is 0 Å². The van der Waals surface area contributed by atoms with Crippen molar-refractivity contribution in [3.05, 3.63) is 29.6 Å². The Bertz CT molecular complexity index is 340. The Labute approximate surface area is 102 Å². The molecule has 1 aromatic rings. The Hall–Kier alpha value is -0.540. The number of hydrogen-bond donors (Lipinski definition) is 1. The summed E-state index contributed by atoms with van der Waals surface area (Å²) < 4.78 is 0. The number of aryl methyl sites for hydroxylation is 1. The molecule has 1 fully saturated rings. The van der Waals surface area contributed by atoms with Crippen molar-refractivity contribution in [3.8, 4) is 0 Å². The average molecular weight is 236 g/mol. The van der Waals surface area contributed by atoms with Gasteiger partial charge in [0, 0.05) is 29.7 Å². The van der Waals surface area contributed by atoms with E-state index in [9.17, 15) is 0 Å². The minimum Gasteiger partial charge on any atom is -0.310 e. The lowest BCUT2D eigenvalue weighted by atomic mass is 10.2. The zero-order valence-electron chi connectivity index (χ0n) is 10.1. The highest BCUT2D eigenvalue weighted by atomic mass is 32.2. The van der Waals surface area contributed by atoms with Gasteiger partial charge in [-0.2, -0.15) is 11.8 Å². The normalized spacial score (nSPS) is 24.9. The molecule has 0 amide bonds. The molecule has 16 heavy (non-hydrogen) atoms. The lowest BCUT2D eigenvalue weighted by Crippen LogP contribution is -2.26. The number of pyridine rings is 1. The summed E-state index contributed by atoms with van der Waals surface area (Å²) in [5, 5.41) is 4.52. The van der Waals surface area contributed by atoms with Gasteiger partial charge in [0.15, 0.2) is 0 Å². The highest BCUT2D eigenvalue weighted by molar-refractivity contribution is 7.99. The lowest BCUT2D eigenvalue weighted by Gasteiger charge is -2.13. The van der Waals surface area contributed by atoms with Crippen LogP contribution in [0, 0.1) is 6.92 Å². The van der Waals surface area contributed by atoms with Crippen molar-refractivity contribution < 1.29 is 0 Å². The largest absolute Gasteiger partial charge is 0.310 e. The maximum atomic E-state index is 4.31. The van der Waals surface area contributed by atoms with Crippen molar-refractivity contribution in [2.75, 3.05) is 6.26 Å². The lowest BCUT2D eigenvalue weighted by molar-refractivity contribution is 0.523. The highest BCUT2D eigenvalue weighted by Crippen LogP contribution is 2.28. The predicted molar refractivity (Wildman–Crippen MR) is 70.8 cm³/mol. The van der Waals surface area contributed by atoms with Crippen molar-refractivity contribution in [3.63, 3.8) is 0 Å². The van der Waals surface area contributed by atoms with Crippen LogP contribution in [0.4, 0.5) is 0 Å². The number of thioether (sulfide) groups is 1. The van der Waals surface area contributed by atoms with Gasteiger partial charge >= 0.3 is 0 Å². The first-order valence-electron chi connectivity index (χ1n) is 5.96. The molecule has 0 aromatic carbocycles. The number of aromatic nitrogens is 1. The molecule has 0 saturated heterocycles. The third-order valence-electron chi connectivity index (χ3n) is 3.42. The van der Waals surface area contributed by atoms with E-state index in [0.717, 1.165) is 17.5 Å². The highest BCUT2D eigenvalue weighted by Gasteiger charge is 2.23. The standard InChI is InChI=1S/C13H20N2S/c1-10-11(4-3-7-14-10)9-15-12-5-6-13(8-12)16-2/h3-4,7,12-13,15H,5-6,8-9H2,1-2H3. The van der Waals surface area contributed by atoms with Crippen LogP contribution in [0.3, 0.4) is 0 Å². The summed E-state index contributed by atoms with van der Waals surface area (Å²) >= 11 is 2.01. The molecule has 1 heterocycles. The van der Waals surface area contributed by atoms with E-state index in [1.165, 1.54) is 24.8 Å². The van der Waals surface area contributed by atoms with Gasteiger partial charge < -0.3 is 5.32 Å². The molecule has 88 valence electrons. The summed E-state index contributed by atoms with van der Waals surface area (Å²) in [4.78, 5) is 4.31. The van der Waals surface area contributed by atoms with E-state index in [2.05, 4.69) is 29.5 Å². The quantitative estimate of drug-likeness (QED) is 0.870. The molecule has 1 aliphatic rings. The van der Waals surface area contributed by atoms with Gasteiger partial charge in [-0.1, -0.05) is 6.07 Å². The maximum Gasteiger partial charge on any atom is 0.0417 e. The zero-order chi connectivity index (χ0) is 11.4. The molecule has 1 aromatic heterocycles. The molecule has 1 saturated carbocycles. The van der Waals surface area contributed by atoms with Crippen LogP contribution in [-0.4, -0.2) is 22.5 Å². The van der Waals surface area contributed by atoms with Gasteiger partial charge in [-0.15, -0.1) is 0 Å². The Morgan fingerprint density at radius 1 is 1.50 bits per heavy atom. The first kappa shape index (κ1) is 11.9. The van der Waals surface area contributed by atoms with Crippen LogP contribution >= 0.6 is 11.8 Å². The van der Waals surface area contributed by atoms with E-state index in [-0.39, 0.29) is 0 Å². The van der Waals surface area contributed by atoms with Crippen molar-refractivity contribution in [2.24, 2.45) is 0 Å². The van der Waals surface area contributed by atoms with Crippen molar-refractivity contribution in [1.82, 2.24) is 10.3 Å². The van der Waals surface area contributed by atoms with Crippen LogP contribution in [-0.2, 0) is 6.54 Å². The molecule has 0 spiro atoms. The molecular formula is C13H20N2S. The van der Waals surface area contributed by atoms with Gasteiger partial charge in [0.25, 0.3) is 0 Å². The summed E-state index contributed by atoms with van der Waals surface area (Å²) in [5.74, 6) is 0. The molecular weight excluding hydrogens is 216 g/mol. The van der Waals surface area contributed by atoms with Crippen LogP contribution in [0.2, 0.25) is 0 Å². The van der Waals surface area contributed by atoms with Gasteiger partial charge in [0.1, 0.15) is 0 Å². The number of rotatable bonds is 4. The average Bonchev–Trinajstić information content (AvgIpc) is 2.76. The first-order valence-corrected chi connectivity index (χ1v) is 7.25. The second-order valence-electron chi connectivity index (χ2n) is 4.50. The molecule has 3 heteroatoms.